The first kappa shape index (κ1) is 22.0. The molecule has 0 heterocycles. The summed E-state index contributed by atoms with van der Waals surface area (Å²) in [6, 6.07) is 16.7. The molecule has 0 aliphatic carbocycles. The Balaban J connectivity index is 2.14. The summed E-state index contributed by atoms with van der Waals surface area (Å²) in [4.78, 5) is 27.4. The zero-order valence-electron chi connectivity index (χ0n) is 17.0. The summed E-state index contributed by atoms with van der Waals surface area (Å²) < 4.78 is 0. The largest absolute Gasteiger partial charge is 0.350 e. The van der Waals surface area contributed by atoms with Crippen LogP contribution in [0.4, 0.5) is 0 Å². The summed E-state index contributed by atoms with van der Waals surface area (Å²) in [5, 5.41) is 3.61. The molecule has 150 valence electrons. The van der Waals surface area contributed by atoms with Gasteiger partial charge in [-0.1, -0.05) is 54.1 Å². The van der Waals surface area contributed by atoms with Gasteiger partial charge >= 0.3 is 0 Å². The molecule has 0 saturated heterocycles. The van der Waals surface area contributed by atoms with Crippen molar-refractivity contribution >= 4 is 23.4 Å². The maximum atomic E-state index is 13.0. The molecule has 5 heteroatoms. The fourth-order valence-corrected chi connectivity index (χ4v) is 3.05. The topological polar surface area (TPSA) is 49.4 Å². The Hall–Kier alpha value is -2.33. The summed E-state index contributed by atoms with van der Waals surface area (Å²) in [5.74, 6) is -0.222. The van der Waals surface area contributed by atoms with Gasteiger partial charge in [-0.25, -0.2) is 0 Å². The number of hydrogen-bond acceptors (Lipinski definition) is 2. The Labute approximate surface area is 172 Å². The number of carbonyl (C=O) groups excluding carboxylic acids is 2. The van der Waals surface area contributed by atoms with E-state index in [1.807, 2.05) is 63.2 Å². The van der Waals surface area contributed by atoms with Gasteiger partial charge in [-0.2, -0.15) is 0 Å². The highest BCUT2D eigenvalue weighted by Crippen LogP contribution is 2.13. The zero-order valence-corrected chi connectivity index (χ0v) is 17.8. The first-order valence-corrected chi connectivity index (χ1v) is 9.93. The molecule has 0 saturated carbocycles. The van der Waals surface area contributed by atoms with Crippen LogP contribution in [0.15, 0.2) is 54.6 Å². The molecular formula is C23H29ClN2O2. The lowest BCUT2D eigenvalue weighted by molar-refractivity contribution is -0.140. The zero-order chi connectivity index (χ0) is 20.7. The van der Waals surface area contributed by atoms with Crippen LogP contribution in [0.3, 0.4) is 0 Å². The highest BCUT2D eigenvalue weighted by Gasteiger charge is 2.28. The molecule has 2 aromatic carbocycles. The molecule has 0 unspecified atom stereocenters. The molecule has 0 aliphatic rings. The van der Waals surface area contributed by atoms with E-state index in [2.05, 4.69) is 5.32 Å². The van der Waals surface area contributed by atoms with Gasteiger partial charge in [-0.05, 0) is 57.4 Å². The number of carbonyl (C=O) groups is 2. The standard InChI is InChI=1S/C23H29ClN2O2/c1-17(22(28)25-23(2,3)4)26(15-14-18-8-6-5-7-9-18)21(27)16-19-10-12-20(24)13-11-19/h5-13,17H,14-16H2,1-4H3,(H,25,28)/t17-/m0/s1. The van der Waals surface area contributed by atoms with Crippen molar-refractivity contribution in [3.63, 3.8) is 0 Å². The minimum atomic E-state index is -0.553. The van der Waals surface area contributed by atoms with Crippen molar-refractivity contribution in [2.75, 3.05) is 6.54 Å². The molecule has 0 fully saturated rings. The van der Waals surface area contributed by atoms with Crippen LogP contribution in [-0.4, -0.2) is 34.8 Å². The minimum absolute atomic E-state index is 0.0742. The van der Waals surface area contributed by atoms with Crippen LogP contribution in [0.25, 0.3) is 0 Å². The molecule has 0 bridgehead atoms. The van der Waals surface area contributed by atoms with Crippen LogP contribution >= 0.6 is 11.6 Å². The molecule has 2 rings (SSSR count). The first-order chi connectivity index (χ1) is 13.2. The van der Waals surface area contributed by atoms with Crippen LogP contribution in [-0.2, 0) is 22.4 Å². The van der Waals surface area contributed by atoms with Crippen molar-refractivity contribution in [1.29, 1.82) is 0 Å². The average molecular weight is 401 g/mol. The van der Waals surface area contributed by atoms with Crippen molar-refractivity contribution in [2.24, 2.45) is 0 Å². The average Bonchev–Trinajstić information content (AvgIpc) is 2.63. The molecule has 1 N–H and O–H groups in total. The minimum Gasteiger partial charge on any atom is -0.350 e. The van der Waals surface area contributed by atoms with Gasteiger partial charge < -0.3 is 10.2 Å². The van der Waals surface area contributed by atoms with Crippen LogP contribution < -0.4 is 5.32 Å². The summed E-state index contributed by atoms with van der Waals surface area (Å²) in [6.07, 6.45) is 0.930. The summed E-state index contributed by atoms with van der Waals surface area (Å²) >= 11 is 5.93. The monoisotopic (exact) mass is 400 g/mol. The highest BCUT2D eigenvalue weighted by atomic mass is 35.5. The molecule has 1 atom stereocenters. The molecule has 2 amide bonds. The van der Waals surface area contributed by atoms with Crippen molar-refractivity contribution in [1.82, 2.24) is 10.2 Å². The van der Waals surface area contributed by atoms with Gasteiger partial charge in [-0.3, -0.25) is 9.59 Å². The number of benzene rings is 2. The smallest absolute Gasteiger partial charge is 0.242 e. The van der Waals surface area contributed by atoms with E-state index in [1.54, 1.807) is 24.0 Å². The normalized spacial score (nSPS) is 12.3. The second-order valence-electron chi connectivity index (χ2n) is 8.04. The SMILES string of the molecule is C[C@@H](C(=O)NC(C)(C)C)N(CCc1ccccc1)C(=O)Cc1ccc(Cl)cc1. The van der Waals surface area contributed by atoms with Gasteiger partial charge in [0.25, 0.3) is 0 Å². The van der Waals surface area contributed by atoms with Crippen molar-refractivity contribution in [3.05, 3.63) is 70.7 Å². The fraction of sp³-hybridized carbons (Fsp3) is 0.391. The molecular weight excluding hydrogens is 372 g/mol. The van der Waals surface area contributed by atoms with E-state index < -0.39 is 6.04 Å². The molecule has 0 spiro atoms. The Bertz CT molecular complexity index is 782. The predicted molar refractivity (Wildman–Crippen MR) is 114 cm³/mol. The van der Waals surface area contributed by atoms with E-state index in [-0.39, 0.29) is 23.8 Å². The molecule has 0 aromatic heterocycles. The van der Waals surface area contributed by atoms with Crippen LogP contribution in [0.1, 0.15) is 38.8 Å². The third-order valence-corrected chi connectivity index (χ3v) is 4.67. The van der Waals surface area contributed by atoms with E-state index >= 15 is 0 Å². The number of rotatable bonds is 7. The first-order valence-electron chi connectivity index (χ1n) is 9.55. The van der Waals surface area contributed by atoms with Crippen LogP contribution in [0, 0.1) is 0 Å². The van der Waals surface area contributed by atoms with E-state index in [0.717, 1.165) is 11.1 Å². The Kier molecular flexibility index (Phi) is 7.64. The third-order valence-electron chi connectivity index (χ3n) is 4.42. The summed E-state index contributed by atoms with van der Waals surface area (Å²) in [5.41, 5.74) is 1.66. The molecule has 28 heavy (non-hydrogen) atoms. The maximum Gasteiger partial charge on any atom is 0.242 e. The number of halogens is 1. The van der Waals surface area contributed by atoms with Crippen molar-refractivity contribution < 1.29 is 9.59 Å². The summed E-state index contributed by atoms with van der Waals surface area (Å²) in [7, 11) is 0. The highest BCUT2D eigenvalue weighted by molar-refractivity contribution is 6.30. The van der Waals surface area contributed by atoms with E-state index in [1.165, 1.54) is 0 Å². The van der Waals surface area contributed by atoms with Crippen molar-refractivity contribution in [3.8, 4) is 0 Å². The van der Waals surface area contributed by atoms with E-state index in [4.69, 9.17) is 11.6 Å². The predicted octanol–water partition coefficient (Wildman–Crippen LogP) is 4.26. The van der Waals surface area contributed by atoms with Gasteiger partial charge in [-0.15, -0.1) is 0 Å². The summed E-state index contributed by atoms with van der Waals surface area (Å²) in [6.45, 7) is 8.06. The second kappa shape index (κ2) is 9.74. The number of nitrogens with one attached hydrogen (secondary N) is 1. The maximum absolute atomic E-state index is 13.0. The third kappa shape index (κ3) is 7.01. The van der Waals surface area contributed by atoms with Gasteiger partial charge in [0.2, 0.25) is 11.8 Å². The number of hydrogen-bond donors (Lipinski definition) is 1. The number of nitrogens with zero attached hydrogens (tertiary/aromatic N) is 1. The lowest BCUT2D eigenvalue weighted by atomic mass is 10.1. The van der Waals surface area contributed by atoms with Gasteiger partial charge in [0.15, 0.2) is 0 Å². The van der Waals surface area contributed by atoms with Gasteiger partial charge in [0.1, 0.15) is 6.04 Å². The van der Waals surface area contributed by atoms with Crippen LogP contribution in [0.2, 0.25) is 5.02 Å². The van der Waals surface area contributed by atoms with E-state index in [0.29, 0.717) is 18.0 Å². The van der Waals surface area contributed by atoms with Crippen molar-refractivity contribution in [2.45, 2.75) is 52.1 Å². The lowest BCUT2D eigenvalue weighted by Gasteiger charge is -2.31. The van der Waals surface area contributed by atoms with E-state index in [9.17, 15) is 9.59 Å². The second-order valence-corrected chi connectivity index (χ2v) is 8.48. The Morgan fingerprint density at radius 2 is 1.61 bits per heavy atom. The molecule has 2 aromatic rings. The van der Waals surface area contributed by atoms with Gasteiger partial charge in [0.05, 0.1) is 6.42 Å². The van der Waals surface area contributed by atoms with Crippen LogP contribution in [0.5, 0.6) is 0 Å². The number of amides is 2. The fourth-order valence-electron chi connectivity index (χ4n) is 2.92. The molecule has 0 aliphatic heterocycles. The molecule has 4 nitrogen and oxygen atoms in total. The quantitative estimate of drug-likeness (QED) is 0.755. The molecule has 0 radical (unpaired) electrons. The van der Waals surface area contributed by atoms with Gasteiger partial charge in [0, 0.05) is 17.1 Å². The Morgan fingerprint density at radius 3 is 2.18 bits per heavy atom. The Morgan fingerprint density at radius 1 is 1.00 bits per heavy atom. The lowest BCUT2D eigenvalue weighted by Crippen LogP contribution is -2.53.